The largest absolute Gasteiger partial charge is 0.471 e. The number of carbonyl (C=O) groups excluding carboxylic acids is 1. The molecule has 1 aliphatic heterocycles. The van der Waals surface area contributed by atoms with E-state index in [9.17, 15) is 18.0 Å². The van der Waals surface area contributed by atoms with Gasteiger partial charge >= 0.3 is 12.1 Å². The maximum absolute atomic E-state index is 12.6. The molecule has 0 saturated carbocycles. The highest BCUT2D eigenvalue weighted by atomic mass is 32.2. The molecule has 10 heteroatoms. The van der Waals surface area contributed by atoms with Crippen molar-refractivity contribution in [2.45, 2.75) is 49.7 Å². The van der Waals surface area contributed by atoms with Gasteiger partial charge in [0.05, 0.1) is 31.4 Å². The predicted octanol–water partition coefficient (Wildman–Crippen LogP) is 4.35. The van der Waals surface area contributed by atoms with E-state index in [0.29, 0.717) is 19.4 Å². The Balaban J connectivity index is 1.64. The van der Waals surface area contributed by atoms with E-state index < -0.39 is 12.1 Å². The third-order valence-electron chi connectivity index (χ3n) is 5.14. The molecule has 2 aromatic rings. The lowest BCUT2D eigenvalue weighted by atomic mass is 9.89. The molecule has 0 spiro atoms. The Hall–Kier alpha value is -2.04. The highest BCUT2D eigenvalue weighted by Crippen LogP contribution is 2.32. The first kappa shape index (κ1) is 22.6. The number of rotatable bonds is 7. The van der Waals surface area contributed by atoms with E-state index in [4.69, 9.17) is 4.33 Å². The lowest BCUT2D eigenvalue weighted by molar-refractivity contribution is -0.186. The Morgan fingerprint density at radius 1 is 1.23 bits per heavy atom. The van der Waals surface area contributed by atoms with Crippen molar-refractivity contribution in [1.29, 1.82) is 0 Å². The van der Waals surface area contributed by atoms with Gasteiger partial charge in [0.1, 0.15) is 0 Å². The van der Waals surface area contributed by atoms with Gasteiger partial charge in [0.2, 0.25) is 0 Å². The minimum Gasteiger partial charge on any atom is -0.335 e. The molecule has 0 aliphatic carbocycles. The van der Waals surface area contributed by atoms with Gasteiger partial charge in [-0.25, -0.2) is 4.89 Å². The van der Waals surface area contributed by atoms with E-state index in [-0.39, 0.29) is 19.0 Å². The van der Waals surface area contributed by atoms with Crippen molar-refractivity contribution in [3.05, 3.63) is 47.3 Å². The van der Waals surface area contributed by atoms with E-state index in [1.807, 2.05) is 42.1 Å². The molecule has 0 N–H and O–H groups in total. The Kier molecular flexibility index (Phi) is 7.43. The Morgan fingerprint density at radius 2 is 1.90 bits per heavy atom. The maximum Gasteiger partial charge on any atom is 0.471 e. The van der Waals surface area contributed by atoms with E-state index >= 15 is 0 Å². The molecule has 1 aromatic carbocycles. The van der Waals surface area contributed by atoms with Gasteiger partial charge < -0.3 is 4.90 Å². The molecule has 3 rings (SSSR count). The number of nitrogens with zero attached hydrogens (tertiary/aromatic N) is 3. The number of halogens is 3. The monoisotopic (exact) mass is 443 g/mol. The molecular weight excluding hydrogens is 419 g/mol. The summed E-state index contributed by atoms with van der Waals surface area (Å²) in [6, 6.07) is 7.82. The van der Waals surface area contributed by atoms with Crippen LogP contribution in [0.5, 0.6) is 0 Å². The number of likely N-dealkylation sites (tertiary alicyclic amines) is 1. The van der Waals surface area contributed by atoms with Crippen LogP contribution >= 0.6 is 12.0 Å². The van der Waals surface area contributed by atoms with Crippen LogP contribution in [0.1, 0.15) is 42.5 Å². The molecule has 6 nitrogen and oxygen atoms in total. The number of carbonyl (C=O) groups is 1. The summed E-state index contributed by atoms with van der Waals surface area (Å²) in [6.45, 7) is 2.83. The van der Waals surface area contributed by atoms with Crippen LogP contribution in [0.2, 0.25) is 0 Å². The Morgan fingerprint density at radius 3 is 2.47 bits per heavy atom. The summed E-state index contributed by atoms with van der Waals surface area (Å²) in [5.41, 5.74) is 3.09. The number of hydrogen-bond acceptors (Lipinski definition) is 5. The lowest BCUT2D eigenvalue weighted by Gasteiger charge is -2.32. The molecule has 0 radical (unpaired) electrons. The van der Waals surface area contributed by atoms with E-state index in [1.54, 1.807) is 0 Å². The highest BCUT2D eigenvalue weighted by molar-refractivity contribution is 7.94. The average Bonchev–Trinajstić information content (AvgIpc) is 3.15. The molecule has 0 unspecified atom stereocenters. The number of piperidine rings is 1. The molecule has 1 saturated heterocycles. The minimum atomic E-state index is -4.81. The number of aromatic nitrogens is 2. The third-order valence-corrected chi connectivity index (χ3v) is 5.80. The summed E-state index contributed by atoms with van der Waals surface area (Å²) in [6.07, 6.45) is -1.07. The molecule has 30 heavy (non-hydrogen) atoms. The van der Waals surface area contributed by atoms with Gasteiger partial charge in [-0.2, -0.15) is 22.6 Å². The summed E-state index contributed by atoms with van der Waals surface area (Å²) in [5.74, 6) is -1.64. The molecule has 0 bridgehead atoms. The highest BCUT2D eigenvalue weighted by Gasteiger charge is 2.43. The maximum atomic E-state index is 12.6. The van der Waals surface area contributed by atoms with Crippen molar-refractivity contribution in [2.24, 2.45) is 0 Å². The fraction of sp³-hybridized carbons (Fsp3) is 0.500. The van der Waals surface area contributed by atoms with Gasteiger partial charge in [-0.15, -0.1) is 0 Å². The van der Waals surface area contributed by atoms with Crippen molar-refractivity contribution < 1.29 is 27.2 Å². The Labute approximate surface area is 177 Å². The smallest absolute Gasteiger partial charge is 0.335 e. The lowest BCUT2D eigenvalue weighted by Crippen LogP contribution is -2.45. The summed E-state index contributed by atoms with van der Waals surface area (Å²) >= 11 is 1.12. The number of alkyl halides is 3. The second-order valence-electron chi connectivity index (χ2n) is 7.11. The zero-order valence-electron chi connectivity index (χ0n) is 16.8. The molecule has 1 aliphatic rings. The second kappa shape index (κ2) is 9.84. The quantitative estimate of drug-likeness (QED) is 0.362. The first-order chi connectivity index (χ1) is 14.3. The standard InChI is InChI=1S/C20H24F3N3O3S/c1-3-18-17(15-8-10-25(11-9-15)19(27)20(21,22)23)13-26(24-18)12-14-4-6-16(7-5-14)30-29-28-2/h4-7,13,15H,3,8-12H2,1-2H3. The third kappa shape index (κ3) is 5.55. The molecular formula is C20H24F3N3O3S. The van der Waals surface area contributed by atoms with Crippen LogP contribution in [0.3, 0.4) is 0 Å². The molecule has 1 aromatic heterocycles. The van der Waals surface area contributed by atoms with Gasteiger partial charge in [0.25, 0.3) is 0 Å². The molecule has 2 heterocycles. The minimum absolute atomic E-state index is 0.107. The van der Waals surface area contributed by atoms with Crippen LogP contribution in [0.15, 0.2) is 35.4 Å². The Bertz CT molecular complexity index is 847. The van der Waals surface area contributed by atoms with Crippen LogP contribution in [0, 0.1) is 0 Å². The first-order valence-electron chi connectivity index (χ1n) is 9.70. The summed E-state index contributed by atoms with van der Waals surface area (Å²) in [7, 11) is 1.44. The van der Waals surface area contributed by atoms with Crippen LogP contribution in [-0.2, 0) is 27.0 Å². The first-order valence-corrected chi connectivity index (χ1v) is 10.4. The topological polar surface area (TPSA) is 56.6 Å². The van der Waals surface area contributed by atoms with Gasteiger partial charge in [-0.1, -0.05) is 19.1 Å². The van der Waals surface area contributed by atoms with Crippen molar-refractivity contribution in [2.75, 3.05) is 20.2 Å². The van der Waals surface area contributed by atoms with Crippen molar-refractivity contribution in [1.82, 2.24) is 14.7 Å². The molecule has 164 valence electrons. The van der Waals surface area contributed by atoms with Gasteiger partial charge in [-0.05, 0) is 48.4 Å². The molecule has 1 amide bonds. The van der Waals surface area contributed by atoms with E-state index in [2.05, 4.69) is 9.99 Å². The fourth-order valence-corrected chi connectivity index (χ4v) is 4.05. The molecule has 0 atom stereocenters. The van der Waals surface area contributed by atoms with Crippen molar-refractivity contribution in [3.63, 3.8) is 0 Å². The van der Waals surface area contributed by atoms with Gasteiger partial charge in [-0.3, -0.25) is 9.48 Å². The molecule has 1 fully saturated rings. The van der Waals surface area contributed by atoms with E-state index in [1.165, 1.54) is 7.11 Å². The van der Waals surface area contributed by atoms with Gasteiger partial charge in [0.15, 0.2) is 0 Å². The summed E-state index contributed by atoms with van der Waals surface area (Å²) in [5, 5.41) is 4.67. The second-order valence-corrected chi connectivity index (χ2v) is 7.88. The van der Waals surface area contributed by atoms with Crippen LogP contribution in [0.4, 0.5) is 13.2 Å². The fourth-order valence-electron chi connectivity index (χ4n) is 3.66. The normalized spacial score (nSPS) is 15.6. The van der Waals surface area contributed by atoms with E-state index in [0.717, 1.165) is 45.1 Å². The number of hydrogen-bond donors (Lipinski definition) is 0. The van der Waals surface area contributed by atoms with Crippen molar-refractivity contribution in [3.8, 4) is 0 Å². The van der Waals surface area contributed by atoms with Crippen LogP contribution < -0.4 is 0 Å². The zero-order valence-corrected chi connectivity index (χ0v) is 17.6. The number of amides is 1. The van der Waals surface area contributed by atoms with Gasteiger partial charge in [0, 0.05) is 24.2 Å². The number of aryl methyl sites for hydroxylation is 1. The number of benzene rings is 1. The zero-order chi connectivity index (χ0) is 21.7. The summed E-state index contributed by atoms with van der Waals surface area (Å²) in [4.78, 5) is 17.8. The SMILES string of the molecule is CCc1nn(Cc2ccc(SOOC)cc2)cc1C1CCN(C(=O)C(F)(F)F)CC1. The van der Waals surface area contributed by atoms with Crippen LogP contribution in [0.25, 0.3) is 0 Å². The summed E-state index contributed by atoms with van der Waals surface area (Å²) < 4.78 is 44.7. The van der Waals surface area contributed by atoms with Crippen molar-refractivity contribution >= 4 is 17.9 Å². The predicted molar refractivity (Wildman–Crippen MR) is 106 cm³/mol. The van der Waals surface area contributed by atoms with Crippen LogP contribution in [-0.4, -0.2) is 47.0 Å². The average molecular weight is 443 g/mol.